The average Bonchev–Trinajstić information content (AvgIpc) is 3.75. The van der Waals surface area contributed by atoms with E-state index in [2.05, 4.69) is 0 Å². The Bertz CT molecular complexity index is 4600. The maximum Gasteiger partial charge on any atom is 0.167 e. The summed E-state index contributed by atoms with van der Waals surface area (Å²) in [6.07, 6.45) is 0. The van der Waals surface area contributed by atoms with Crippen LogP contribution in [-0.2, 0) is 0 Å². The molecule has 5 heteroatoms. The fourth-order valence-corrected chi connectivity index (χ4v) is 8.29. The van der Waals surface area contributed by atoms with Crippen molar-refractivity contribution >= 4 is 53.4 Å². The normalized spacial score (nSPS) is 15.8. The van der Waals surface area contributed by atoms with Gasteiger partial charge in [-0.1, -0.05) is 163 Å². The lowest BCUT2D eigenvalue weighted by molar-refractivity contribution is 0.669. The fourth-order valence-electron chi connectivity index (χ4n) is 7.32. The third-order valence-electron chi connectivity index (χ3n) is 10.3. The Kier molecular flexibility index (Phi) is 5.18. The highest BCUT2D eigenvalue weighted by Gasteiger charge is 2.19. The third-order valence-corrected chi connectivity index (χ3v) is 11.3. The van der Waals surface area contributed by atoms with Gasteiger partial charge in [-0.2, -0.15) is 0 Å². The molecule has 12 aromatic rings. The number of hydrogen-bond acceptors (Lipinski definition) is 5. The fraction of sp³-hybridized carbons (Fsp3) is 0. The minimum absolute atomic E-state index is 0.0343. The summed E-state index contributed by atoms with van der Waals surface area (Å²) in [6, 6.07) is 14.9. The minimum atomic E-state index is -0.946. The van der Waals surface area contributed by atoms with Crippen molar-refractivity contribution in [2.24, 2.45) is 0 Å². The topological polar surface area (TPSA) is 51.8 Å². The molecule has 0 radical (unpaired) electrons. The summed E-state index contributed by atoms with van der Waals surface area (Å²) >= 11 is 0.765. The molecular formula is C57H35N3OS. The van der Waals surface area contributed by atoms with E-state index < -0.39 is 148 Å². The number of rotatable bonds is 7. The van der Waals surface area contributed by atoms with Crippen molar-refractivity contribution in [3.8, 4) is 78.7 Å². The Morgan fingerprint density at radius 2 is 0.952 bits per heavy atom. The Labute approximate surface area is 388 Å². The first-order valence-corrected chi connectivity index (χ1v) is 20.0. The van der Waals surface area contributed by atoms with Crippen LogP contribution in [0.3, 0.4) is 0 Å². The number of furan rings is 1. The summed E-state index contributed by atoms with van der Waals surface area (Å²) in [4.78, 5) is 14.7. The molecule has 0 spiro atoms. The molecule has 12 rings (SSSR count). The van der Waals surface area contributed by atoms with E-state index in [4.69, 9.17) is 33.1 Å². The number of thiophene rings is 1. The predicted molar refractivity (Wildman–Crippen MR) is 258 cm³/mol. The third kappa shape index (κ3) is 6.44. The molecule has 0 N–H and O–H groups in total. The van der Waals surface area contributed by atoms with Crippen LogP contribution in [0.15, 0.2) is 216 Å². The van der Waals surface area contributed by atoms with Gasteiger partial charge in [-0.05, 0) is 92.9 Å². The quantitative estimate of drug-likeness (QED) is 0.161. The summed E-state index contributed by atoms with van der Waals surface area (Å²) < 4.78 is 179. The Balaban J connectivity index is 1.13. The van der Waals surface area contributed by atoms with Crippen LogP contribution in [0.25, 0.3) is 121 Å². The summed E-state index contributed by atoms with van der Waals surface area (Å²) in [7, 11) is 0. The number of hydrogen-bond donors (Lipinski definition) is 0. The van der Waals surface area contributed by atoms with E-state index in [9.17, 15) is 12.3 Å². The van der Waals surface area contributed by atoms with Gasteiger partial charge in [0.25, 0.3) is 0 Å². The molecule has 0 bridgehead atoms. The second-order valence-electron chi connectivity index (χ2n) is 14.0. The maximum atomic E-state index is 9.87. The van der Waals surface area contributed by atoms with Gasteiger partial charge in [-0.15, -0.1) is 11.3 Å². The van der Waals surface area contributed by atoms with E-state index >= 15 is 0 Å². The van der Waals surface area contributed by atoms with Crippen molar-refractivity contribution in [2.45, 2.75) is 0 Å². The molecule has 3 aromatic heterocycles. The first kappa shape index (κ1) is 21.5. The van der Waals surface area contributed by atoms with E-state index in [1.54, 1.807) is 6.07 Å². The summed E-state index contributed by atoms with van der Waals surface area (Å²) in [5, 5.41) is 1.17. The van der Waals surface area contributed by atoms with Crippen molar-refractivity contribution in [3.05, 3.63) is 212 Å². The molecule has 0 fully saturated rings. The van der Waals surface area contributed by atoms with Crippen LogP contribution in [0, 0.1) is 0 Å². The highest BCUT2D eigenvalue weighted by Crippen LogP contribution is 2.41. The smallest absolute Gasteiger partial charge is 0.167 e. The number of aromatic nitrogens is 3. The molecule has 0 aliphatic carbocycles. The van der Waals surface area contributed by atoms with Gasteiger partial charge >= 0.3 is 0 Å². The molecule has 62 heavy (non-hydrogen) atoms. The molecule has 3 heterocycles. The molecule has 0 saturated carbocycles. The zero-order valence-corrected chi connectivity index (χ0v) is 32.7. The van der Waals surface area contributed by atoms with Gasteiger partial charge in [0.15, 0.2) is 17.5 Å². The van der Waals surface area contributed by atoms with Crippen LogP contribution in [0.2, 0.25) is 0 Å². The lowest BCUT2D eigenvalue weighted by atomic mass is 9.93. The first-order chi connectivity index (χ1) is 38.6. The first-order valence-electron chi connectivity index (χ1n) is 28.7. The summed E-state index contributed by atoms with van der Waals surface area (Å²) in [5.74, 6) is 0.0867. The largest absolute Gasteiger partial charge is 0.455 e. The van der Waals surface area contributed by atoms with Gasteiger partial charge in [0.1, 0.15) is 11.2 Å². The van der Waals surface area contributed by atoms with Gasteiger partial charge in [-0.25, -0.2) is 15.0 Å². The van der Waals surface area contributed by atoms with Crippen LogP contribution < -0.4 is 0 Å². The highest BCUT2D eigenvalue weighted by molar-refractivity contribution is 7.25. The number of benzene rings is 9. The van der Waals surface area contributed by atoms with Crippen LogP contribution in [-0.4, -0.2) is 15.0 Å². The van der Waals surface area contributed by atoms with Gasteiger partial charge in [0.05, 0.1) is 31.6 Å². The van der Waals surface area contributed by atoms with Crippen LogP contribution >= 0.6 is 11.3 Å². The van der Waals surface area contributed by atoms with E-state index in [1.807, 2.05) is 91.0 Å². The molecule has 0 saturated heterocycles. The molecule has 290 valence electrons. The van der Waals surface area contributed by atoms with Crippen molar-refractivity contribution in [1.29, 1.82) is 0 Å². The predicted octanol–water partition coefficient (Wildman–Crippen LogP) is 15.8. The molecule has 0 aliphatic rings. The SMILES string of the molecule is [2H]c1c([2H])c([2H])c(-c2c([2H])c(-c3c([2H])c([2H])c([2H])c([2H])c3[2H])c([2H])c(-c3c([2H])c([2H])c4sc5c([2H])c(-c6nc(-c7ccc(-c8ccccc8)cc7)nc(-c7cccc8c7oc7ccccc78)n6)c([2H])c([2H])c5c4c3[2H])c2[2H])c([2H])c1[2H]. The lowest BCUT2D eigenvalue weighted by Gasteiger charge is -2.11. The second-order valence-corrected chi connectivity index (χ2v) is 15.1. The zero-order valence-electron chi connectivity index (χ0n) is 50.9. The maximum absolute atomic E-state index is 9.87. The van der Waals surface area contributed by atoms with Gasteiger partial charge < -0.3 is 4.42 Å². The monoisotopic (exact) mass is 828 g/mol. The van der Waals surface area contributed by atoms with Crippen molar-refractivity contribution in [2.75, 3.05) is 0 Å². The Hall–Kier alpha value is -7.99. The standard InChI is InChI=1S/C57H35N3OS/c1-4-13-36(14-5-1)39-23-25-40(26-24-39)55-58-56(60-57(59-55)49-21-12-20-48-46-19-10-11-22-51(46)61-54(48)49)42-27-29-47-50-34-41(28-30-52(50)62-53(47)35-42)45-32-43(37-15-6-2-7-16-37)31-44(33-45)38-17-8-3-9-18-38/h1-35H/i2D,3D,6D,7D,8D,9D,15D,16D,17D,18D,27D,28D,29D,30D,31D,32D,33D,34D,35D. The van der Waals surface area contributed by atoms with E-state index in [0.29, 0.717) is 22.3 Å². The molecule has 4 nitrogen and oxygen atoms in total. The van der Waals surface area contributed by atoms with Crippen molar-refractivity contribution in [1.82, 2.24) is 15.0 Å². The Morgan fingerprint density at radius 3 is 1.69 bits per heavy atom. The van der Waals surface area contributed by atoms with Gasteiger partial charge in [0.2, 0.25) is 0 Å². The average molecular weight is 829 g/mol. The van der Waals surface area contributed by atoms with Crippen molar-refractivity contribution in [3.63, 3.8) is 0 Å². The summed E-state index contributed by atoms with van der Waals surface area (Å²) in [6.45, 7) is 0. The molecular weight excluding hydrogens is 775 g/mol. The van der Waals surface area contributed by atoms with Gasteiger partial charge in [-0.3, -0.25) is 0 Å². The number of para-hydroxylation sites is 2. The van der Waals surface area contributed by atoms with Crippen LogP contribution in [0.1, 0.15) is 26.0 Å². The molecule has 9 aromatic carbocycles. The molecule has 0 amide bonds. The van der Waals surface area contributed by atoms with E-state index in [-0.39, 0.29) is 43.2 Å². The Morgan fingerprint density at radius 1 is 0.355 bits per heavy atom. The van der Waals surface area contributed by atoms with E-state index in [1.165, 1.54) is 0 Å². The molecule has 0 atom stereocenters. The number of nitrogens with zero attached hydrogens (tertiary/aromatic N) is 3. The van der Waals surface area contributed by atoms with E-state index in [0.717, 1.165) is 33.2 Å². The minimum Gasteiger partial charge on any atom is -0.455 e. The lowest BCUT2D eigenvalue weighted by Crippen LogP contribution is -2.00. The second kappa shape index (κ2) is 14.9. The zero-order chi connectivity index (χ0) is 57.5. The molecule has 0 unspecified atom stereocenters. The highest BCUT2D eigenvalue weighted by atomic mass is 32.1. The summed E-state index contributed by atoms with van der Waals surface area (Å²) in [5.41, 5.74) is -0.707. The number of fused-ring (bicyclic) bond motifs is 6. The molecule has 0 aliphatic heterocycles. The van der Waals surface area contributed by atoms with Crippen LogP contribution in [0.4, 0.5) is 0 Å². The van der Waals surface area contributed by atoms with Gasteiger partial charge in [0, 0.05) is 42.1 Å². The van der Waals surface area contributed by atoms with Crippen LogP contribution in [0.5, 0.6) is 0 Å². The van der Waals surface area contributed by atoms with Crippen molar-refractivity contribution < 1.29 is 30.5 Å².